The van der Waals surface area contributed by atoms with Crippen LogP contribution in [0.1, 0.15) is 53.6 Å². The fraction of sp³-hybridized carbons (Fsp3) is 0.276. The van der Waals surface area contributed by atoms with Crippen LogP contribution < -0.4 is 16.4 Å². The normalized spacial score (nSPS) is 14.0. The summed E-state index contributed by atoms with van der Waals surface area (Å²) in [7, 11) is 0. The standard InChI is InChI=1S/C29H31N5O2S/c1-2-27(35)34-13-10-20(11-14-34)19-6-8-23(9-7-19)33-26-16-25(24(18-32-26)29(30)36)31-17-22-5-3-4-21-12-15-37-28(21)22/h3-9,12,15-16,18,20H,2,10-11,13-14,17H2,1H3,(H2,30,36)(H2,31,32,33). The first-order valence-corrected chi connectivity index (χ1v) is 13.5. The number of carbonyl (C=O) groups excluding carboxylic acids is 2. The van der Waals surface area contributed by atoms with Gasteiger partial charge < -0.3 is 21.3 Å². The Hall–Kier alpha value is -3.91. The molecule has 0 saturated carbocycles. The van der Waals surface area contributed by atoms with E-state index in [1.807, 2.05) is 36.1 Å². The number of carbonyl (C=O) groups is 2. The van der Waals surface area contributed by atoms with Crippen molar-refractivity contribution in [3.8, 4) is 0 Å². The molecule has 5 rings (SSSR count). The lowest BCUT2D eigenvalue weighted by molar-refractivity contribution is -0.131. The number of fused-ring (bicyclic) bond motifs is 1. The van der Waals surface area contributed by atoms with E-state index in [9.17, 15) is 9.59 Å². The van der Waals surface area contributed by atoms with Gasteiger partial charge in [0.15, 0.2) is 0 Å². The Labute approximate surface area is 220 Å². The number of rotatable bonds is 8. The van der Waals surface area contributed by atoms with Gasteiger partial charge in [-0.1, -0.05) is 37.3 Å². The van der Waals surface area contributed by atoms with Crippen molar-refractivity contribution in [2.45, 2.75) is 38.6 Å². The fourth-order valence-corrected chi connectivity index (χ4v) is 5.84. The van der Waals surface area contributed by atoms with Gasteiger partial charge in [-0.3, -0.25) is 9.59 Å². The lowest BCUT2D eigenvalue weighted by atomic mass is 9.89. The zero-order chi connectivity index (χ0) is 25.8. The number of benzene rings is 2. The maximum Gasteiger partial charge on any atom is 0.252 e. The molecule has 4 N–H and O–H groups in total. The van der Waals surface area contributed by atoms with Crippen LogP contribution in [0, 0.1) is 0 Å². The van der Waals surface area contributed by atoms with Crippen LogP contribution in [0.4, 0.5) is 17.2 Å². The van der Waals surface area contributed by atoms with Gasteiger partial charge in [-0.25, -0.2) is 4.98 Å². The number of piperidine rings is 1. The zero-order valence-corrected chi connectivity index (χ0v) is 21.7. The number of pyridine rings is 1. The third-order valence-electron chi connectivity index (χ3n) is 7.00. The highest BCUT2D eigenvalue weighted by Gasteiger charge is 2.22. The fourth-order valence-electron chi connectivity index (χ4n) is 4.92. The van der Waals surface area contributed by atoms with E-state index in [4.69, 9.17) is 5.73 Å². The van der Waals surface area contributed by atoms with Crippen LogP contribution >= 0.6 is 11.3 Å². The molecule has 37 heavy (non-hydrogen) atoms. The van der Waals surface area contributed by atoms with Crippen LogP contribution in [0.5, 0.6) is 0 Å². The second kappa shape index (κ2) is 11.0. The molecular formula is C29H31N5O2S. The number of aromatic nitrogens is 1. The first-order chi connectivity index (χ1) is 18.0. The van der Waals surface area contributed by atoms with Gasteiger partial charge in [-0.05, 0) is 58.9 Å². The molecule has 2 aromatic carbocycles. The molecule has 1 aliphatic rings. The van der Waals surface area contributed by atoms with Crippen molar-refractivity contribution in [2.75, 3.05) is 23.7 Å². The van der Waals surface area contributed by atoms with Crippen molar-refractivity contribution in [3.05, 3.63) is 82.9 Å². The van der Waals surface area contributed by atoms with Crippen LogP contribution in [0.2, 0.25) is 0 Å². The number of hydrogen-bond acceptors (Lipinski definition) is 6. The van der Waals surface area contributed by atoms with Crippen molar-refractivity contribution in [1.29, 1.82) is 0 Å². The summed E-state index contributed by atoms with van der Waals surface area (Å²) in [6, 6.07) is 18.5. The number of anilines is 3. The molecule has 0 atom stereocenters. The SMILES string of the molecule is CCC(=O)N1CCC(c2ccc(Nc3cc(NCc4cccc5ccsc45)c(C(N)=O)cn3)cc2)CC1. The Kier molecular flexibility index (Phi) is 7.37. The number of thiophene rings is 1. The van der Waals surface area contributed by atoms with Gasteiger partial charge in [0.05, 0.1) is 11.3 Å². The molecule has 0 radical (unpaired) electrons. The smallest absolute Gasteiger partial charge is 0.252 e. The minimum Gasteiger partial charge on any atom is -0.380 e. The van der Waals surface area contributed by atoms with E-state index in [1.165, 1.54) is 21.8 Å². The van der Waals surface area contributed by atoms with E-state index in [-0.39, 0.29) is 5.91 Å². The highest BCUT2D eigenvalue weighted by Crippen LogP contribution is 2.30. The molecule has 190 valence electrons. The quantitative estimate of drug-likeness (QED) is 0.274. The minimum absolute atomic E-state index is 0.241. The molecule has 0 bridgehead atoms. The number of amides is 2. The van der Waals surface area contributed by atoms with Gasteiger partial charge in [-0.2, -0.15) is 0 Å². The third kappa shape index (κ3) is 5.59. The highest BCUT2D eigenvalue weighted by atomic mass is 32.1. The van der Waals surface area contributed by atoms with E-state index in [2.05, 4.69) is 51.3 Å². The number of nitrogens with two attached hydrogens (primary N) is 1. The molecular weight excluding hydrogens is 482 g/mol. The summed E-state index contributed by atoms with van der Waals surface area (Å²) in [5.74, 6) is 0.810. The molecule has 2 amide bonds. The van der Waals surface area contributed by atoms with Crippen molar-refractivity contribution in [3.63, 3.8) is 0 Å². The molecule has 8 heteroatoms. The van der Waals surface area contributed by atoms with Crippen molar-refractivity contribution in [1.82, 2.24) is 9.88 Å². The second-order valence-electron chi connectivity index (χ2n) is 9.34. The molecule has 2 aromatic heterocycles. The van der Waals surface area contributed by atoms with E-state index < -0.39 is 5.91 Å². The van der Waals surface area contributed by atoms with Gasteiger partial charge in [0.1, 0.15) is 5.82 Å². The summed E-state index contributed by atoms with van der Waals surface area (Å²) in [5, 5.41) is 10.0. The molecule has 1 aliphatic heterocycles. The molecule has 3 heterocycles. The maximum atomic E-state index is 12.0. The largest absolute Gasteiger partial charge is 0.380 e. The zero-order valence-electron chi connectivity index (χ0n) is 20.9. The summed E-state index contributed by atoms with van der Waals surface area (Å²) < 4.78 is 1.23. The number of hydrogen-bond donors (Lipinski definition) is 3. The van der Waals surface area contributed by atoms with Gasteiger partial charge in [0.25, 0.3) is 5.91 Å². The Morgan fingerprint density at radius 1 is 1.11 bits per heavy atom. The van der Waals surface area contributed by atoms with E-state index in [0.717, 1.165) is 37.2 Å². The predicted octanol–water partition coefficient (Wildman–Crippen LogP) is 5.87. The van der Waals surface area contributed by atoms with Crippen LogP contribution in [-0.4, -0.2) is 34.8 Å². The summed E-state index contributed by atoms with van der Waals surface area (Å²) in [4.78, 5) is 30.4. The highest BCUT2D eigenvalue weighted by molar-refractivity contribution is 7.17. The molecule has 1 fully saturated rings. The van der Waals surface area contributed by atoms with E-state index >= 15 is 0 Å². The van der Waals surface area contributed by atoms with Gasteiger partial charge in [-0.15, -0.1) is 11.3 Å². The van der Waals surface area contributed by atoms with Gasteiger partial charge >= 0.3 is 0 Å². The molecule has 4 aromatic rings. The molecule has 0 aliphatic carbocycles. The monoisotopic (exact) mass is 513 g/mol. The summed E-state index contributed by atoms with van der Waals surface area (Å²) >= 11 is 1.70. The van der Waals surface area contributed by atoms with Crippen molar-refractivity contribution < 1.29 is 9.59 Å². The number of nitrogens with zero attached hydrogens (tertiary/aromatic N) is 2. The number of nitrogens with one attached hydrogen (secondary N) is 2. The van der Waals surface area contributed by atoms with Gasteiger partial charge in [0, 0.05) is 48.7 Å². The summed E-state index contributed by atoms with van der Waals surface area (Å²) in [6.45, 7) is 4.13. The van der Waals surface area contributed by atoms with E-state index in [0.29, 0.717) is 36.0 Å². The van der Waals surface area contributed by atoms with Crippen molar-refractivity contribution >= 4 is 50.4 Å². The summed E-state index contributed by atoms with van der Waals surface area (Å²) in [6.07, 6.45) is 4.06. The Morgan fingerprint density at radius 3 is 2.62 bits per heavy atom. The number of likely N-dealkylation sites (tertiary alicyclic amines) is 1. The average molecular weight is 514 g/mol. The van der Waals surface area contributed by atoms with Crippen molar-refractivity contribution in [2.24, 2.45) is 5.73 Å². The molecule has 7 nitrogen and oxygen atoms in total. The van der Waals surface area contributed by atoms with Crippen LogP contribution in [0.15, 0.2) is 66.2 Å². The Bertz CT molecular complexity index is 1410. The lowest BCUT2D eigenvalue weighted by Gasteiger charge is -2.32. The van der Waals surface area contributed by atoms with Crippen LogP contribution in [0.3, 0.4) is 0 Å². The first-order valence-electron chi connectivity index (χ1n) is 12.7. The minimum atomic E-state index is -0.521. The Morgan fingerprint density at radius 2 is 1.89 bits per heavy atom. The topological polar surface area (TPSA) is 100 Å². The van der Waals surface area contributed by atoms with E-state index in [1.54, 1.807) is 11.3 Å². The number of primary amides is 1. The van der Waals surface area contributed by atoms with Crippen LogP contribution in [0.25, 0.3) is 10.1 Å². The lowest BCUT2D eigenvalue weighted by Crippen LogP contribution is -2.37. The molecule has 0 spiro atoms. The molecule has 1 saturated heterocycles. The third-order valence-corrected chi connectivity index (χ3v) is 8.01. The van der Waals surface area contributed by atoms with Gasteiger partial charge in [0.2, 0.25) is 5.91 Å². The Balaban J connectivity index is 1.26. The molecule has 0 unspecified atom stereocenters. The average Bonchev–Trinajstić information content (AvgIpc) is 3.42. The second-order valence-corrected chi connectivity index (χ2v) is 10.3. The maximum absolute atomic E-state index is 12.0. The van der Waals surface area contributed by atoms with Crippen LogP contribution in [-0.2, 0) is 11.3 Å². The predicted molar refractivity (Wildman–Crippen MR) is 150 cm³/mol. The first kappa shape index (κ1) is 24.8. The summed E-state index contributed by atoms with van der Waals surface area (Å²) in [5.41, 5.74) is 9.98.